The quantitative estimate of drug-likeness (QED) is 0.0219. The first kappa shape index (κ1) is 46.3. The highest BCUT2D eigenvalue weighted by Crippen LogP contribution is 2.36. The van der Waals surface area contributed by atoms with Crippen LogP contribution in [0.5, 0.6) is 0 Å². The van der Waals surface area contributed by atoms with E-state index in [9.17, 15) is 14.2 Å². The molecule has 50 heavy (non-hydrogen) atoms. The van der Waals surface area contributed by atoms with Crippen molar-refractivity contribution >= 4 is 19.8 Å². The Morgan fingerprint density at radius 1 is 0.700 bits per heavy atom. The molecule has 9 nitrogen and oxygen atoms in total. The van der Waals surface area contributed by atoms with Crippen LogP contribution < -0.4 is 0 Å². The molecule has 0 aliphatic carbocycles. The normalized spacial score (nSPS) is 17.0. The van der Waals surface area contributed by atoms with E-state index in [4.69, 9.17) is 24.0 Å². The van der Waals surface area contributed by atoms with E-state index in [1.165, 1.54) is 83.5 Å². The molecule has 0 spiro atoms. The topological polar surface area (TPSA) is 132 Å². The van der Waals surface area contributed by atoms with Crippen LogP contribution in [-0.2, 0) is 32.9 Å². The van der Waals surface area contributed by atoms with Gasteiger partial charge in [0.1, 0.15) is 6.61 Å². The molecule has 1 rings (SSSR count). The molecule has 1 heterocycles. The van der Waals surface area contributed by atoms with E-state index >= 15 is 0 Å². The number of allylic oxidation sites excluding steroid dienone is 5. The highest BCUT2D eigenvalue weighted by atomic mass is 31.2. The molecule has 0 aromatic rings. The summed E-state index contributed by atoms with van der Waals surface area (Å²) < 4.78 is 32.0. The third kappa shape index (κ3) is 31.0. The molecule has 2 unspecified atom stereocenters. The fourth-order valence-electron chi connectivity index (χ4n) is 5.70. The minimum Gasteiger partial charge on any atom is -0.462 e. The average molecular weight is 727 g/mol. The van der Waals surface area contributed by atoms with Crippen molar-refractivity contribution in [3.63, 3.8) is 0 Å². The van der Waals surface area contributed by atoms with E-state index in [1.807, 2.05) is 6.08 Å². The zero-order valence-electron chi connectivity index (χ0n) is 31.7. The van der Waals surface area contributed by atoms with Gasteiger partial charge in [0.2, 0.25) is 0 Å². The summed E-state index contributed by atoms with van der Waals surface area (Å²) in [6.07, 6.45) is 36.2. The number of hydrogen-bond donors (Lipinski definition) is 2. The van der Waals surface area contributed by atoms with Crippen LogP contribution in [0.1, 0.15) is 168 Å². The summed E-state index contributed by atoms with van der Waals surface area (Å²) in [5.74, 6) is -0.148. The van der Waals surface area contributed by atoms with E-state index in [1.54, 1.807) is 0 Å². The summed E-state index contributed by atoms with van der Waals surface area (Å²) in [5, 5.41) is 0. The first-order chi connectivity index (χ1) is 24.1. The van der Waals surface area contributed by atoms with Gasteiger partial charge in [-0.15, -0.1) is 0 Å². The van der Waals surface area contributed by atoms with Crippen LogP contribution in [-0.4, -0.2) is 53.3 Å². The van der Waals surface area contributed by atoms with Crippen LogP contribution in [0.25, 0.3) is 0 Å². The van der Waals surface area contributed by atoms with E-state index in [2.05, 4.69) is 55.7 Å². The molecule has 0 aromatic carbocycles. The molecule has 1 aliphatic rings. The van der Waals surface area contributed by atoms with Gasteiger partial charge in [-0.25, -0.2) is 4.57 Å². The summed E-state index contributed by atoms with van der Waals surface area (Å²) in [4.78, 5) is 42.7. The van der Waals surface area contributed by atoms with Gasteiger partial charge in [-0.1, -0.05) is 147 Å². The molecule has 2 N–H and O–H groups in total. The number of phosphoric acid groups is 1. The van der Waals surface area contributed by atoms with Crippen molar-refractivity contribution in [3.8, 4) is 0 Å². The smallest absolute Gasteiger partial charge is 0.462 e. The molecule has 1 fully saturated rings. The van der Waals surface area contributed by atoms with Crippen molar-refractivity contribution in [1.29, 1.82) is 0 Å². The molecular formula is C40H71O9P. The maximum absolute atomic E-state index is 12.4. The van der Waals surface area contributed by atoms with Crippen LogP contribution >= 0.6 is 7.82 Å². The Balaban J connectivity index is 2.12. The first-order valence-corrected chi connectivity index (χ1v) is 21.3. The lowest BCUT2D eigenvalue weighted by Gasteiger charge is -2.18. The van der Waals surface area contributed by atoms with Gasteiger partial charge in [-0.05, 0) is 50.9 Å². The standard InChI is InChI=1S/C40H71O9P/c1-4-5-23-29-37-38(49-37)30-25-20-16-12-9-10-14-18-22-27-32-40(42)48-36(34-47-50(43,44)45)33-46-39(41)31-26-21-17-13-8-6-7-11-15-19-24-28-35(2)3/h9,12,14,18,20,25,35-38H,4-8,10-11,13,15-17,19,21-24,26-34H2,1-3H3,(H2,43,44,45)/b12-9-,18-14-,25-20-/t36-,37?,38?/m1/s1. The van der Waals surface area contributed by atoms with Gasteiger partial charge in [0.15, 0.2) is 6.10 Å². The lowest BCUT2D eigenvalue weighted by atomic mass is 10.0. The number of carbonyl (C=O) groups is 2. The molecule has 3 atom stereocenters. The maximum Gasteiger partial charge on any atom is 0.469 e. The Labute approximate surface area is 304 Å². The SMILES string of the molecule is CCCCCC1OC1C/C=C\C/C=C\C/C=C\CCCC(=O)O[C@H](COC(=O)CCCCCCCCCCCCCC(C)C)COP(=O)(O)O. The molecule has 0 radical (unpaired) electrons. The van der Waals surface area contributed by atoms with E-state index < -0.39 is 32.5 Å². The number of carbonyl (C=O) groups excluding carboxylic acids is 2. The highest BCUT2D eigenvalue weighted by Gasteiger charge is 2.36. The Hall–Kier alpha value is -1.77. The second-order valence-electron chi connectivity index (χ2n) is 14.1. The number of epoxide rings is 1. The first-order valence-electron chi connectivity index (χ1n) is 19.8. The number of rotatable bonds is 34. The Morgan fingerprint density at radius 2 is 1.28 bits per heavy atom. The monoisotopic (exact) mass is 726 g/mol. The van der Waals surface area contributed by atoms with Gasteiger partial charge >= 0.3 is 19.8 Å². The second kappa shape index (κ2) is 30.8. The lowest BCUT2D eigenvalue weighted by molar-refractivity contribution is -0.161. The van der Waals surface area contributed by atoms with Crippen LogP contribution in [0, 0.1) is 5.92 Å². The van der Waals surface area contributed by atoms with Crippen LogP contribution in [0.3, 0.4) is 0 Å². The third-order valence-corrected chi connectivity index (χ3v) is 9.25. The van der Waals surface area contributed by atoms with Gasteiger partial charge in [0.25, 0.3) is 0 Å². The fraction of sp³-hybridized carbons (Fsp3) is 0.800. The Morgan fingerprint density at radius 3 is 1.90 bits per heavy atom. The largest absolute Gasteiger partial charge is 0.469 e. The number of hydrogen-bond acceptors (Lipinski definition) is 7. The van der Waals surface area contributed by atoms with E-state index in [0.29, 0.717) is 31.5 Å². The predicted molar refractivity (Wildman–Crippen MR) is 202 cm³/mol. The summed E-state index contributed by atoms with van der Waals surface area (Å²) in [7, 11) is -4.77. The summed E-state index contributed by atoms with van der Waals surface area (Å²) in [6.45, 7) is 5.92. The molecule has 1 aliphatic heterocycles. The summed E-state index contributed by atoms with van der Waals surface area (Å²) >= 11 is 0. The van der Waals surface area contributed by atoms with Crippen LogP contribution in [0.15, 0.2) is 36.5 Å². The molecule has 0 bridgehead atoms. The van der Waals surface area contributed by atoms with Gasteiger partial charge in [0.05, 0.1) is 18.8 Å². The molecule has 290 valence electrons. The number of ether oxygens (including phenoxy) is 3. The van der Waals surface area contributed by atoms with Gasteiger partial charge in [-0.2, -0.15) is 0 Å². The molecule has 0 saturated carbocycles. The second-order valence-corrected chi connectivity index (χ2v) is 15.4. The highest BCUT2D eigenvalue weighted by molar-refractivity contribution is 7.46. The van der Waals surface area contributed by atoms with Crippen LogP contribution in [0.2, 0.25) is 0 Å². The van der Waals surface area contributed by atoms with Crippen molar-refractivity contribution in [2.45, 2.75) is 187 Å². The number of esters is 2. The van der Waals surface area contributed by atoms with Crippen molar-refractivity contribution in [2.24, 2.45) is 5.92 Å². The van der Waals surface area contributed by atoms with Crippen molar-refractivity contribution in [3.05, 3.63) is 36.5 Å². The van der Waals surface area contributed by atoms with Crippen molar-refractivity contribution in [2.75, 3.05) is 13.2 Å². The molecule has 0 aromatic heterocycles. The maximum atomic E-state index is 12.4. The number of unbranched alkanes of at least 4 members (excludes halogenated alkanes) is 13. The van der Waals surface area contributed by atoms with Crippen LogP contribution in [0.4, 0.5) is 0 Å². The Bertz CT molecular complexity index is 987. The minimum absolute atomic E-state index is 0.133. The van der Waals surface area contributed by atoms with Gasteiger partial charge < -0.3 is 24.0 Å². The van der Waals surface area contributed by atoms with E-state index in [-0.39, 0.29) is 19.4 Å². The Kier molecular flexibility index (Phi) is 28.5. The van der Waals surface area contributed by atoms with E-state index in [0.717, 1.165) is 38.0 Å². The van der Waals surface area contributed by atoms with Gasteiger partial charge in [0, 0.05) is 12.8 Å². The zero-order chi connectivity index (χ0) is 36.7. The van der Waals surface area contributed by atoms with Crippen molar-refractivity contribution < 1.29 is 42.7 Å². The third-order valence-electron chi connectivity index (χ3n) is 8.76. The lowest BCUT2D eigenvalue weighted by Crippen LogP contribution is -2.29. The average Bonchev–Trinajstić information content (AvgIpc) is 3.82. The zero-order valence-corrected chi connectivity index (χ0v) is 32.5. The van der Waals surface area contributed by atoms with Crippen molar-refractivity contribution in [1.82, 2.24) is 0 Å². The fourth-order valence-corrected chi connectivity index (χ4v) is 6.06. The molecule has 0 amide bonds. The van der Waals surface area contributed by atoms with Gasteiger partial charge in [-0.3, -0.25) is 14.1 Å². The molecule has 10 heteroatoms. The summed E-state index contributed by atoms with van der Waals surface area (Å²) in [6, 6.07) is 0. The predicted octanol–water partition coefficient (Wildman–Crippen LogP) is 10.6. The summed E-state index contributed by atoms with van der Waals surface area (Å²) in [5.41, 5.74) is 0. The molecule has 1 saturated heterocycles. The number of phosphoric ester groups is 1. The minimum atomic E-state index is -4.77. The molecular weight excluding hydrogens is 655 g/mol.